The lowest BCUT2D eigenvalue weighted by molar-refractivity contribution is -0.217. The van der Waals surface area contributed by atoms with Gasteiger partial charge in [-0.25, -0.2) is 14.2 Å². The Balaban J connectivity index is 1.64. The Morgan fingerprint density at radius 2 is 1.97 bits per heavy atom. The van der Waals surface area contributed by atoms with E-state index in [1.807, 2.05) is 0 Å². The van der Waals surface area contributed by atoms with Crippen molar-refractivity contribution in [3.05, 3.63) is 53.8 Å². The minimum absolute atomic E-state index is 0.0762. The Hall–Kier alpha value is -3.29. The fourth-order valence-corrected chi connectivity index (χ4v) is 4.69. The Morgan fingerprint density at radius 3 is 2.62 bits per heavy atom. The molecule has 13 heteroatoms. The van der Waals surface area contributed by atoms with Gasteiger partial charge in [-0.1, -0.05) is 17.4 Å². The second-order valence-corrected chi connectivity index (χ2v) is 8.78. The molecule has 2 heterocycles. The summed E-state index contributed by atoms with van der Waals surface area (Å²) in [5, 5.41) is 16.9. The van der Waals surface area contributed by atoms with Crippen LogP contribution in [0.15, 0.2) is 42.5 Å². The summed E-state index contributed by atoms with van der Waals surface area (Å²) >= 11 is 0.922. The molecular weight excluding hydrogens is 478 g/mol. The van der Waals surface area contributed by atoms with Crippen LogP contribution in [0.4, 0.5) is 33.2 Å². The zero-order valence-corrected chi connectivity index (χ0v) is 18.4. The maximum Gasteiger partial charge on any atom is 0.419 e. The number of rotatable bonds is 4. The molecule has 34 heavy (non-hydrogen) atoms. The van der Waals surface area contributed by atoms with Gasteiger partial charge in [-0.05, 0) is 42.0 Å². The van der Waals surface area contributed by atoms with E-state index in [2.05, 4.69) is 20.9 Å². The van der Waals surface area contributed by atoms with Gasteiger partial charge in [-0.3, -0.25) is 15.4 Å². The van der Waals surface area contributed by atoms with Crippen LogP contribution in [0.5, 0.6) is 0 Å². The van der Waals surface area contributed by atoms with Gasteiger partial charge in [0.25, 0.3) is 5.91 Å². The predicted octanol–water partition coefficient (Wildman–Crippen LogP) is 3.26. The van der Waals surface area contributed by atoms with Gasteiger partial charge in [0.15, 0.2) is 5.13 Å². The number of anilines is 2. The van der Waals surface area contributed by atoms with Gasteiger partial charge in [-0.2, -0.15) is 13.2 Å². The SMILES string of the molecule is CN1C[C@H](CO)NC(c2ccc3nc(NC(=O)Nc4ccc(F)cc4)sc3c2)(C(F)(F)F)C1=O. The van der Waals surface area contributed by atoms with Crippen LogP contribution in [-0.2, 0) is 10.3 Å². The van der Waals surface area contributed by atoms with Crippen LogP contribution in [0.3, 0.4) is 0 Å². The van der Waals surface area contributed by atoms with Gasteiger partial charge in [0.2, 0.25) is 5.54 Å². The number of aromatic nitrogens is 1. The number of hydrogen-bond donors (Lipinski definition) is 4. The number of halogens is 4. The number of nitrogens with one attached hydrogen (secondary N) is 3. The van der Waals surface area contributed by atoms with Crippen molar-refractivity contribution in [1.82, 2.24) is 15.2 Å². The number of aliphatic hydroxyl groups excluding tert-OH is 1. The molecule has 180 valence electrons. The molecule has 1 saturated heterocycles. The van der Waals surface area contributed by atoms with E-state index in [4.69, 9.17) is 0 Å². The minimum atomic E-state index is -5.00. The second-order valence-electron chi connectivity index (χ2n) is 7.74. The van der Waals surface area contributed by atoms with Crippen LogP contribution in [-0.4, -0.2) is 59.3 Å². The molecule has 3 aromatic rings. The van der Waals surface area contributed by atoms with Crippen molar-refractivity contribution in [1.29, 1.82) is 0 Å². The van der Waals surface area contributed by atoms with Crippen LogP contribution >= 0.6 is 11.3 Å². The van der Waals surface area contributed by atoms with Crippen LogP contribution in [0.1, 0.15) is 5.56 Å². The Labute approximate surface area is 194 Å². The number of urea groups is 1. The Morgan fingerprint density at radius 1 is 1.26 bits per heavy atom. The third-order valence-corrected chi connectivity index (χ3v) is 6.31. The van der Waals surface area contributed by atoms with Crippen molar-refractivity contribution in [3.63, 3.8) is 0 Å². The molecule has 4 N–H and O–H groups in total. The topological polar surface area (TPSA) is 107 Å². The van der Waals surface area contributed by atoms with E-state index >= 15 is 0 Å². The number of benzene rings is 2. The molecule has 1 unspecified atom stereocenters. The van der Waals surface area contributed by atoms with Crippen LogP contribution < -0.4 is 16.0 Å². The van der Waals surface area contributed by atoms with Gasteiger partial charge in [0, 0.05) is 25.3 Å². The molecule has 8 nitrogen and oxygen atoms in total. The third kappa shape index (κ3) is 4.29. The van der Waals surface area contributed by atoms with E-state index in [-0.39, 0.29) is 17.2 Å². The standard InChI is InChI=1S/C21H19F4N5O3S/c1-30-9-14(10-31)29-20(17(30)32,21(23,24)25)11-2-7-15-16(8-11)34-19(27-15)28-18(33)26-13-5-3-12(22)4-6-13/h2-8,14,29,31H,9-10H2,1H3,(H2,26,27,28,33)/t14-,20?/m1/s1. The van der Waals surface area contributed by atoms with Gasteiger partial charge >= 0.3 is 12.2 Å². The van der Waals surface area contributed by atoms with Gasteiger partial charge in [0.05, 0.1) is 16.8 Å². The lowest BCUT2D eigenvalue weighted by Gasteiger charge is -2.45. The Bertz CT molecular complexity index is 1230. The highest BCUT2D eigenvalue weighted by Crippen LogP contribution is 2.43. The number of fused-ring (bicyclic) bond motifs is 1. The van der Waals surface area contributed by atoms with E-state index in [1.54, 1.807) is 0 Å². The summed E-state index contributed by atoms with van der Waals surface area (Å²) in [6, 6.07) is 7.09. The minimum Gasteiger partial charge on any atom is -0.395 e. The highest BCUT2D eigenvalue weighted by Gasteiger charge is 2.64. The summed E-state index contributed by atoms with van der Waals surface area (Å²) in [6.45, 7) is -0.664. The van der Waals surface area contributed by atoms with E-state index in [9.17, 15) is 32.3 Å². The first-order chi connectivity index (χ1) is 16.0. The summed E-state index contributed by atoms with van der Waals surface area (Å²) in [4.78, 5) is 30.1. The van der Waals surface area contributed by atoms with Gasteiger partial charge in [0.1, 0.15) is 5.82 Å². The second kappa shape index (κ2) is 8.81. The molecule has 0 bridgehead atoms. The van der Waals surface area contributed by atoms with Crippen molar-refractivity contribution in [2.75, 3.05) is 30.8 Å². The Kier molecular flexibility index (Phi) is 6.18. The quantitative estimate of drug-likeness (QED) is 0.414. The summed E-state index contributed by atoms with van der Waals surface area (Å²) < 4.78 is 56.3. The third-order valence-electron chi connectivity index (χ3n) is 5.37. The van der Waals surface area contributed by atoms with E-state index in [0.29, 0.717) is 15.9 Å². The number of carbonyl (C=O) groups is 2. The number of aliphatic hydroxyl groups is 1. The molecule has 4 rings (SSSR count). The molecule has 0 radical (unpaired) electrons. The van der Waals surface area contributed by atoms with Crippen LogP contribution in [0, 0.1) is 5.82 Å². The first kappa shape index (κ1) is 23.9. The van der Waals surface area contributed by atoms with E-state index in [0.717, 1.165) is 22.3 Å². The molecule has 1 aliphatic rings. The average Bonchev–Trinajstić information content (AvgIpc) is 3.17. The highest BCUT2D eigenvalue weighted by atomic mass is 32.1. The number of nitrogens with zero attached hydrogens (tertiary/aromatic N) is 2. The summed E-state index contributed by atoms with van der Waals surface area (Å²) in [7, 11) is 1.25. The van der Waals surface area contributed by atoms with Crippen molar-refractivity contribution in [3.8, 4) is 0 Å². The first-order valence-electron chi connectivity index (χ1n) is 9.99. The smallest absolute Gasteiger partial charge is 0.395 e. The van der Waals surface area contributed by atoms with Gasteiger partial charge < -0.3 is 15.3 Å². The number of hydrogen-bond acceptors (Lipinski definition) is 6. The number of thiazole rings is 1. The number of alkyl halides is 3. The van der Waals surface area contributed by atoms with E-state index in [1.165, 1.54) is 43.4 Å². The maximum atomic E-state index is 14.3. The molecule has 3 amide bonds. The van der Waals surface area contributed by atoms with E-state index < -0.39 is 42.1 Å². The maximum absolute atomic E-state index is 14.3. The molecule has 1 aromatic heterocycles. The molecule has 1 aliphatic heterocycles. The lowest BCUT2D eigenvalue weighted by atomic mass is 9.84. The monoisotopic (exact) mass is 497 g/mol. The van der Waals surface area contributed by atoms with Gasteiger partial charge in [-0.15, -0.1) is 0 Å². The number of amides is 3. The van der Waals surface area contributed by atoms with Crippen molar-refractivity contribution < 1.29 is 32.3 Å². The average molecular weight is 497 g/mol. The molecule has 0 spiro atoms. The van der Waals surface area contributed by atoms with Crippen molar-refractivity contribution in [2.24, 2.45) is 0 Å². The molecule has 0 aliphatic carbocycles. The summed E-state index contributed by atoms with van der Waals surface area (Å²) in [6.07, 6.45) is -5.00. The zero-order chi connectivity index (χ0) is 24.7. The zero-order valence-electron chi connectivity index (χ0n) is 17.6. The molecule has 0 saturated carbocycles. The largest absolute Gasteiger partial charge is 0.419 e. The fraction of sp³-hybridized carbons (Fsp3) is 0.286. The van der Waals surface area contributed by atoms with Crippen molar-refractivity contribution >= 4 is 44.3 Å². The van der Waals surface area contributed by atoms with Crippen LogP contribution in [0.2, 0.25) is 0 Å². The number of piperazine rings is 1. The molecule has 1 fully saturated rings. The summed E-state index contributed by atoms with van der Waals surface area (Å²) in [5.41, 5.74) is -2.75. The predicted molar refractivity (Wildman–Crippen MR) is 118 cm³/mol. The highest BCUT2D eigenvalue weighted by molar-refractivity contribution is 7.22. The van der Waals surface area contributed by atoms with Crippen LogP contribution in [0.25, 0.3) is 10.2 Å². The summed E-state index contributed by atoms with van der Waals surface area (Å²) in [5.74, 6) is -1.66. The molecule has 2 atom stereocenters. The van der Waals surface area contributed by atoms with Crippen molar-refractivity contribution in [2.45, 2.75) is 17.8 Å². The lowest BCUT2D eigenvalue weighted by Crippen LogP contribution is -2.71. The number of carbonyl (C=O) groups excluding carboxylic acids is 2. The normalized spacial score (nSPS) is 21.1. The first-order valence-corrected chi connectivity index (χ1v) is 10.8. The number of likely N-dealkylation sites (N-methyl/N-ethyl adjacent to an activating group) is 1. The molecule has 2 aromatic carbocycles. The fourth-order valence-electron chi connectivity index (χ4n) is 3.79. The molecular formula is C21H19F4N5O3S.